The number of carbonyl (C=O) groups is 2. The summed E-state index contributed by atoms with van der Waals surface area (Å²) in [5.41, 5.74) is 4.26. The van der Waals surface area contributed by atoms with Crippen molar-refractivity contribution in [2.24, 2.45) is 5.10 Å². The first-order chi connectivity index (χ1) is 18.7. The van der Waals surface area contributed by atoms with Crippen molar-refractivity contribution in [3.05, 3.63) is 90.0 Å². The molecule has 1 atom stereocenters. The normalized spacial score (nSPS) is 12.0. The Kier molecular flexibility index (Phi) is 10.4. The molecule has 0 saturated heterocycles. The Morgan fingerprint density at radius 2 is 1.62 bits per heavy atom. The second-order valence-electron chi connectivity index (χ2n) is 8.52. The predicted octanol–water partition coefficient (Wildman–Crippen LogP) is 3.26. The lowest BCUT2D eigenvalue weighted by Crippen LogP contribution is -2.39. The van der Waals surface area contributed by atoms with Gasteiger partial charge in [0.25, 0.3) is 11.8 Å². The number of amides is 2. The zero-order valence-electron chi connectivity index (χ0n) is 22.0. The first-order valence-corrected chi connectivity index (χ1v) is 14.1. The van der Waals surface area contributed by atoms with E-state index in [1.165, 1.54) is 6.21 Å². The topological polar surface area (TPSA) is 126 Å². The van der Waals surface area contributed by atoms with Crippen molar-refractivity contribution in [2.45, 2.75) is 19.9 Å². The van der Waals surface area contributed by atoms with Crippen LogP contribution in [0.3, 0.4) is 0 Å². The summed E-state index contributed by atoms with van der Waals surface area (Å²) in [5.74, 6) is -0.0203. The van der Waals surface area contributed by atoms with Crippen LogP contribution in [0.4, 0.5) is 5.69 Å². The molecule has 0 aliphatic rings. The molecule has 10 nitrogen and oxygen atoms in total. The van der Waals surface area contributed by atoms with Gasteiger partial charge in [0.05, 0.1) is 30.8 Å². The second-order valence-corrected chi connectivity index (χ2v) is 10.4. The highest BCUT2D eigenvalue weighted by atomic mass is 32.2. The van der Waals surface area contributed by atoms with Crippen molar-refractivity contribution in [1.82, 2.24) is 10.7 Å². The van der Waals surface area contributed by atoms with E-state index in [1.54, 1.807) is 55.5 Å². The maximum absolute atomic E-state index is 12.5. The number of sulfonamides is 1. The number of nitrogens with zero attached hydrogens (tertiary/aromatic N) is 2. The maximum Gasteiger partial charge on any atom is 0.260 e. The first kappa shape index (κ1) is 29.2. The maximum atomic E-state index is 12.5. The third-order valence-corrected chi connectivity index (χ3v) is 6.58. The van der Waals surface area contributed by atoms with E-state index in [4.69, 9.17) is 9.47 Å². The van der Waals surface area contributed by atoms with E-state index in [-0.39, 0.29) is 24.2 Å². The van der Waals surface area contributed by atoms with E-state index in [0.717, 1.165) is 16.1 Å². The van der Waals surface area contributed by atoms with E-state index < -0.39 is 22.5 Å². The van der Waals surface area contributed by atoms with Crippen LogP contribution in [0.15, 0.2) is 84.0 Å². The van der Waals surface area contributed by atoms with Gasteiger partial charge in [0.1, 0.15) is 18.0 Å². The fraction of sp³-hybridized carbons (Fsp3) is 0.250. The van der Waals surface area contributed by atoms with Crippen LogP contribution in [0.25, 0.3) is 0 Å². The number of hydrazone groups is 1. The second kappa shape index (κ2) is 14.0. The van der Waals surface area contributed by atoms with Gasteiger partial charge in [0, 0.05) is 0 Å². The number of hydrogen-bond donors (Lipinski definition) is 2. The highest BCUT2D eigenvalue weighted by Gasteiger charge is 2.23. The molecule has 11 heteroatoms. The predicted molar refractivity (Wildman–Crippen MR) is 150 cm³/mol. The Labute approximate surface area is 228 Å². The first-order valence-electron chi connectivity index (χ1n) is 12.3. The fourth-order valence-corrected chi connectivity index (χ4v) is 4.43. The van der Waals surface area contributed by atoms with Crippen molar-refractivity contribution in [3.63, 3.8) is 0 Å². The SMILES string of the molecule is CCOc1ccccc1N(CC(=O)N/N=C/c1ccc(OCC(=O)NC(C)c2ccccc2)cc1)S(C)(=O)=O. The molecule has 2 amide bonds. The summed E-state index contributed by atoms with van der Waals surface area (Å²) in [5, 5.41) is 6.80. The minimum Gasteiger partial charge on any atom is -0.492 e. The highest BCUT2D eigenvalue weighted by molar-refractivity contribution is 7.92. The lowest BCUT2D eigenvalue weighted by molar-refractivity contribution is -0.123. The van der Waals surface area contributed by atoms with E-state index in [2.05, 4.69) is 15.8 Å². The van der Waals surface area contributed by atoms with Gasteiger partial charge >= 0.3 is 0 Å². The van der Waals surface area contributed by atoms with Crippen LogP contribution in [-0.4, -0.2) is 52.5 Å². The zero-order valence-corrected chi connectivity index (χ0v) is 22.9. The lowest BCUT2D eigenvalue weighted by Gasteiger charge is -2.23. The minimum atomic E-state index is -3.77. The zero-order chi connectivity index (χ0) is 28.3. The molecule has 2 N–H and O–H groups in total. The standard InChI is InChI=1S/C28H32N4O6S/c1-4-37-26-13-9-8-12-25(26)32(39(3,35)36)19-27(33)31-29-18-22-14-16-24(17-15-22)38-20-28(34)30-21(2)23-10-6-5-7-11-23/h5-18,21H,4,19-20H2,1-3H3,(H,30,34)(H,31,33)/b29-18+. The van der Waals surface area contributed by atoms with Gasteiger partial charge in [-0.25, -0.2) is 13.8 Å². The number of para-hydroxylation sites is 2. The van der Waals surface area contributed by atoms with Crippen LogP contribution in [0.2, 0.25) is 0 Å². The number of benzene rings is 3. The van der Waals surface area contributed by atoms with Gasteiger partial charge < -0.3 is 14.8 Å². The summed E-state index contributed by atoms with van der Waals surface area (Å²) in [6, 6.07) is 22.8. The lowest BCUT2D eigenvalue weighted by atomic mass is 10.1. The summed E-state index contributed by atoms with van der Waals surface area (Å²) in [7, 11) is -3.77. The molecule has 3 aromatic rings. The van der Waals surface area contributed by atoms with Crippen LogP contribution < -0.4 is 24.5 Å². The number of hydrogen-bond acceptors (Lipinski definition) is 7. The molecular formula is C28H32N4O6S. The summed E-state index contributed by atoms with van der Waals surface area (Å²) in [6.45, 7) is 3.42. The number of ether oxygens (including phenoxy) is 2. The minimum absolute atomic E-state index is 0.135. The number of nitrogens with one attached hydrogen (secondary N) is 2. The molecule has 0 fully saturated rings. The third-order valence-electron chi connectivity index (χ3n) is 5.45. The van der Waals surface area contributed by atoms with Gasteiger partial charge in [-0.2, -0.15) is 5.10 Å². The van der Waals surface area contributed by atoms with Crippen molar-refractivity contribution >= 4 is 33.7 Å². The Balaban J connectivity index is 1.51. The molecule has 0 aliphatic heterocycles. The summed E-state index contributed by atoms with van der Waals surface area (Å²) >= 11 is 0. The molecule has 1 unspecified atom stereocenters. The van der Waals surface area contributed by atoms with Gasteiger partial charge in [-0.15, -0.1) is 0 Å². The smallest absolute Gasteiger partial charge is 0.260 e. The fourth-order valence-electron chi connectivity index (χ4n) is 3.57. The molecule has 3 rings (SSSR count). The third kappa shape index (κ3) is 9.15. The van der Waals surface area contributed by atoms with Gasteiger partial charge in [-0.1, -0.05) is 42.5 Å². The Morgan fingerprint density at radius 1 is 0.949 bits per heavy atom. The van der Waals surface area contributed by atoms with Crippen LogP contribution in [0, 0.1) is 0 Å². The number of carbonyl (C=O) groups excluding carboxylic acids is 2. The van der Waals surface area contributed by atoms with Gasteiger partial charge in [0.15, 0.2) is 6.61 Å². The summed E-state index contributed by atoms with van der Waals surface area (Å²) in [4.78, 5) is 24.7. The van der Waals surface area contributed by atoms with Crippen LogP contribution in [0.1, 0.15) is 31.0 Å². The summed E-state index contributed by atoms with van der Waals surface area (Å²) < 4.78 is 36.8. The van der Waals surface area contributed by atoms with Crippen LogP contribution in [0.5, 0.6) is 11.5 Å². The molecule has 0 aliphatic carbocycles. The van der Waals surface area contributed by atoms with Crippen molar-refractivity contribution < 1.29 is 27.5 Å². The van der Waals surface area contributed by atoms with E-state index in [9.17, 15) is 18.0 Å². The molecule has 0 radical (unpaired) electrons. The molecule has 206 valence electrons. The Hall–Kier alpha value is -4.38. The highest BCUT2D eigenvalue weighted by Crippen LogP contribution is 2.29. The van der Waals surface area contributed by atoms with E-state index in [0.29, 0.717) is 23.7 Å². The molecule has 3 aromatic carbocycles. The van der Waals surface area contributed by atoms with Crippen LogP contribution >= 0.6 is 0 Å². The summed E-state index contributed by atoms with van der Waals surface area (Å²) in [6.07, 6.45) is 2.43. The molecule has 0 aromatic heterocycles. The van der Waals surface area contributed by atoms with Crippen LogP contribution in [-0.2, 0) is 19.6 Å². The molecule has 0 saturated carbocycles. The number of rotatable bonds is 13. The van der Waals surface area contributed by atoms with Gasteiger partial charge in [0.2, 0.25) is 10.0 Å². The average molecular weight is 553 g/mol. The molecule has 0 spiro atoms. The number of anilines is 1. The van der Waals surface area contributed by atoms with E-state index >= 15 is 0 Å². The van der Waals surface area contributed by atoms with Gasteiger partial charge in [-0.3, -0.25) is 13.9 Å². The quantitative estimate of drug-likeness (QED) is 0.248. The average Bonchev–Trinajstić information content (AvgIpc) is 2.92. The largest absolute Gasteiger partial charge is 0.492 e. The van der Waals surface area contributed by atoms with Gasteiger partial charge in [-0.05, 0) is 61.4 Å². The Bertz CT molecular complexity index is 1380. The molecule has 39 heavy (non-hydrogen) atoms. The Morgan fingerprint density at radius 3 is 2.28 bits per heavy atom. The van der Waals surface area contributed by atoms with Crippen molar-refractivity contribution in [1.29, 1.82) is 0 Å². The monoisotopic (exact) mass is 552 g/mol. The molecule has 0 bridgehead atoms. The van der Waals surface area contributed by atoms with Crippen molar-refractivity contribution in [3.8, 4) is 11.5 Å². The van der Waals surface area contributed by atoms with E-state index in [1.807, 2.05) is 37.3 Å². The molecule has 0 heterocycles. The van der Waals surface area contributed by atoms with Crippen molar-refractivity contribution in [2.75, 3.05) is 30.3 Å². The molecular weight excluding hydrogens is 520 g/mol.